The van der Waals surface area contributed by atoms with E-state index < -0.39 is 11.9 Å². The van der Waals surface area contributed by atoms with E-state index in [0.29, 0.717) is 46.8 Å². The normalized spacial score (nSPS) is 10.2. The summed E-state index contributed by atoms with van der Waals surface area (Å²) in [4.78, 5) is 23.3. The van der Waals surface area contributed by atoms with Gasteiger partial charge in [0.2, 0.25) is 0 Å². The molecule has 0 bridgehead atoms. The van der Waals surface area contributed by atoms with Crippen LogP contribution in [0.1, 0.15) is 37.7 Å². The largest absolute Gasteiger partial charge is 0.506 e. The zero-order chi connectivity index (χ0) is 29.4. The summed E-state index contributed by atoms with van der Waals surface area (Å²) in [6, 6.07) is 16.6. The first kappa shape index (κ1) is 34.9. The summed E-state index contributed by atoms with van der Waals surface area (Å²) in [5, 5.41) is 18.0. The van der Waals surface area contributed by atoms with Crippen LogP contribution in [0.3, 0.4) is 0 Å². The molecule has 1 N–H and O–H groups in total. The number of rotatable bonds is 9. The van der Waals surface area contributed by atoms with Gasteiger partial charge in [0.1, 0.15) is 40.6 Å². The van der Waals surface area contributed by atoms with Crippen LogP contribution in [0.15, 0.2) is 67.0 Å². The van der Waals surface area contributed by atoms with Gasteiger partial charge in [-0.3, -0.25) is 0 Å². The molecule has 12 nitrogen and oxygen atoms in total. The van der Waals surface area contributed by atoms with Gasteiger partial charge >= 0.3 is 11.9 Å². The predicted octanol–water partition coefficient (Wildman–Crippen LogP) is 4.27. The van der Waals surface area contributed by atoms with Crippen molar-refractivity contribution in [2.45, 2.75) is 19.8 Å². The Kier molecular flexibility index (Phi) is 13.3. The Hall–Kier alpha value is -4.28. The molecule has 0 unspecified atom stereocenters. The van der Waals surface area contributed by atoms with Gasteiger partial charge in [-0.15, -0.1) is 0 Å². The average Bonchev–Trinajstić information content (AvgIpc) is 3.63. The average molecular weight is 684 g/mol. The minimum Gasteiger partial charge on any atom is -0.506 e. The van der Waals surface area contributed by atoms with Crippen LogP contribution in [-0.4, -0.2) is 64.7 Å². The minimum absolute atomic E-state index is 0. The third kappa shape index (κ3) is 7.77. The van der Waals surface area contributed by atoms with Crippen molar-refractivity contribution in [3.63, 3.8) is 0 Å². The number of ether oxygens (including phenoxy) is 5. The molecule has 0 saturated carbocycles. The van der Waals surface area contributed by atoms with Crippen molar-refractivity contribution in [2.75, 3.05) is 28.4 Å². The topological polar surface area (TPSA) is 135 Å². The number of benzene rings is 1. The standard InChI is InChI=1S/C18H18N2O4.C11H12N2O4.CH3.Pd/c1-22-12-16-17(24-11-13-6-4-3-5-7-13)9-8-15-14(18(21)23-2)10-19-20(15)16;1-16-6-9-10(14)4-3-8-7(11(15)17-2)5-12-13(8)9;;/h3-10H,11-12H2,1-2H3;3-5,14H,6H2,1-2H3;1H3;/q;;-1;. The van der Waals surface area contributed by atoms with Crippen molar-refractivity contribution >= 4 is 23.0 Å². The Morgan fingerprint density at radius 2 is 1.23 bits per heavy atom. The molecule has 0 aliphatic rings. The van der Waals surface area contributed by atoms with Crippen LogP contribution in [0, 0.1) is 7.43 Å². The van der Waals surface area contributed by atoms with Crippen molar-refractivity contribution in [3.05, 3.63) is 102 Å². The third-order valence-corrected chi connectivity index (χ3v) is 6.11. The third-order valence-electron chi connectivity index (χ3n) is 6.11. The number of aromatic nitrogens is 4. The van der Waals surface area contributed by atoms with Gasteiger partial charge in [-0.05, 0) is 29.8 Å². The monoisotopic (exact) mass is 683 g/mol. The maximum absolute atomic E-state index is 11.8. The number of nitrogens with zero attached hydrogens (tertiary/aromatic N) is 4. The molecular weight excluding hydrogens is 651 g/mol. The van der Waals surface area contributed by atoms with Crippen molar-refractivity contribution in [3.8, 4) is 11.5 Å². The Bertz CT molecular complexity index is 1650. The number of carbonyl (C=O) groups excluding carboxylic acids is 2. The smallest absolute Gasteiger partial charge is 0.341 e. The quantitative estimate of drug-likeness (QED) is 0.136. The minimum atomic E-state index is -0.464. The number of carbonyl (C=O) groups is 2. The summed E-state index contributed by atoms with van der Waals surface area (Å²) in [7, 11) is 5.77. The maximum Gasteiger partial charge on any atom is 0.341 e. The fourth-order valence-electron chi connectivity index (χ4n) is 4.13. The van der Waals surface area contributed by atoms with Crippen LogP contribution in [0.25, 0.3) is 11.0 Å². The van der Waals surface area contributed by atoms with E-state index in [9.17, 15) is 14.7 Å². The summed E-state index contributed by atoms with van der Waals surface area (Å²) < 4.78 is 28.7. The van der Waals surface area contributed by atoms with Crippen LogP contribution in [-0.2, 0) is 59.2 Å². The molecule has 0 spiro atoms. The summed E-state index contributed by atoms with van der Waals surface area (Å²) in [5.74, 6) is -0.160. The predicted molar refractivity (Wildman–Crippen MR) is 153 cm³/mol. The number of hydrogen-bond acceptors (Lipinski definition) is 10. The Labute approximate surface area is 262 Å². The van der Waals surface area contributed by atoms with Gasteiger partial charge in [0.05, 0.1) is 50.9 Å². The molecule has 232 valence electrons. The number of esters is 2. The molecule has 0 fully saturated rings. The van der Waals surface area contributed by atoms with Gasteiger partial charge in [0.15, 0.2) is 0 Å². The molecular formula is C30H33N4O8Pd-. The summed E-state index contributed by atoms with van der Waals surface area (Å²) >= 11 is 0. The molecule has 13 heteroatoms. The van der Waals surface area contributed by atoms with E-state index in [2.05, 4.69) is 14.9 Å². The molecule has 43 heavy (non-hydrogen) atoms. The SMILES string of the molecule is COCc1c(O)ccc2c(C(=O)OC)cnn12.COCc1c(OCc2ccccc2)ccc2c(C(=O)OC)cnn12.[CH3-].[Pd]. The molecule has 5 rings (SSSR count). The fourth-order valence-corrected chi connectivity index (χ4v) is 4.13. The van der Waals surface area contributed by atoms with Gasteiger partial charge < -0.3 is 36.2 Å². The van der Waals surface area contributed by atoms with E-state index in [1.54, 1.807) is 23.8 Å². The zero-order valence-corrected chi connectivity index (χ0v) is 25.9. The number of fused-ring (bicyclic) bond motifs is 2. The Morgan fingerprint density at radius 3 is 1.77 bits per heavy atom. The van der Waals surface area contributed by atoms with Crippen molar-refractivity contribution in [2.24, 2.45) is 0 Å². The van der Waals surface area contributed by atoms with E-state index >= 15 is 0 Å². The van der Waals surface area contributed by atoms with E-state index in [1.807, 2.05) is 36.4 Å². The summed E-state index contributed by atoms with van der Waals surface area (Å²) in [6.45, 7) is 0.948. The van der Waals surface area contributed by atoms with Crippen LogP contribution in [0.4, 0.5) is 0 Å². The molecule has 0 atom stereocenters. The summed E-state index contributed by atoms with van der Waals surface area (Å²) in [6.07, 6.45) is 2.89. The number of hydrogen-bond donors (Lipinski definition) is 1. The second-order valence-electron chi connectivity index (χ2n) is 8.64. The van der Waals surface area contributed by atoms with Gasteiger partial charge in [-0.1, -0.05) is 30.3 Å². The molecule has 4 aromatic heterocycles. The first-order valence-corrected chi connectivity index (χ1v) is 12.4. The van der Waals surface area contributed by atoms with E-state index in [1.165, 1.54) is 44.3 Å². The number of aromatic hydroxyl groups is 1. The van der Waals surface area contributed by atoms with Crippen molar-refractivity contribution in [1.29, 1.82) is 0 Å². The van der Waals surface area contributed by atoms with Gasteiger partial charge in [0, 0.05) is 34.6 Å². The molecule has 1 aromatic carbocycles. The first-order chi connectivity index (χ1) is 19.9. The molecule has 0 amide bonds. The summed E-state index contributed by atoms with van der Waals surface area (Å²) in [5.41, 5.74) is 4.27. The fraction of sp³-hybridized carbons (Fsp3) is 0.233. The van der Waals surface area contributed by atoms with Gasteiger partial charge in [-0.25, -0.2) is 18.6 Å². The molecule has 0 aliphatic carbocycles. The van der Waals surface area contributed by atoms with Crippen molar-refractivity contribution in [1.82, 2.24) is 19.2 Å². The second-order valence-corrected chi connectivity index (χ2v) is 8.64. The first-order valence-electron chi connectivity index (χ1n) is 12.4. The molecule has 0 saturated heterocycles. The number of pyridine rings is 2. The Balaban J connectivity index is 0.000000302. The molecule has 0 aliphatic heterocycles. The Morgan fingerprint density at radius 1 is 0.721 bits per heavy atom. The van der Waals surface area contributed by atoms with E-state index in [4.69, 9.17) is 18.9 Å². The van der Waals surface area contributed by atoms with Crippen molar-refractivity contribution < 1.29 is 58.8 Å². The molecule has 0 radical (unpaired) electrons. The van der Waals surface area contributed by atoms with Crippen LogP contribution >= 0.6 is 0 Å². The number of methoxy groups -OCH3 is 4. The second kappa shape index (κ2) is 16.4. The zero-order valence-electron chi connectivity index (χ0n) is 24.4. The van der Waals surface area contributed by atoms with Gasteiger partial charge in [-0.2, -0.15) is 10.2 Å². The maximum atomic E-state index is 11.8. The van der Waals surface area contributed by atoms with Crippen LogP contribution < -0.4 is 4.74 Å². The van der Waals surface area contributed by atoms with Gasteiger partial charge in [0.25, 0.3) is 0 Å². The van der Waals surface area contributed by atoms with Crippen LogP contribution in [0.2, 0.25) is 0 Å². The van der Waals surface area contributed by atoms with E-state index in [0.717, 1.165) is 11.3 Å². The molecule has 5 aromatic rings. The van der Waals surface area contributed by atoms with E-state index in [-0.39, 0.29) is 40.2 Å². The molecule has 4 heterocycles. The van der Waals surface area contributed by atoms with Crippen LogP contribution in [0.5, 0.6) is 11.5 Å².